The van der Waals surface area contributed by atoms with Crippen LogP contribution in [0, 0.1) is 6.92 Å². The molecular weight excluding hydrogens is 386 g/mol. The summed E-state index contributed by atoms with van der Waals surface area (Å²) in [7, 11) is -3.26. The molecule has 0 radical (unpaired) electrons. The third-order valence-corrected chi connectivity index (χ3v) is 7.38. The SMILES string of the molecule is Cc1nc(Cc2nc(-c3ccc4c(c3)CC(C)N4S(C)(=O)=O)cs2)cs1. The molecule has 2 aromatic heterocycles. The summed E-state index contributed by atoms with van der Waals surface area (Å²) in [5, 5.41) is 6.24. The van der Waals surface area contributed by atoms with Gasteiger partial charge in [0.25, 0.3) is 0 Å². The van der Waals surface area contributed by atoms with Crippen molar-refractivity contribution in [2.24, 2.45) is 0 Å². The molecule has 0 aliphatic carbocycles. The molecule has 0 bridgehead atoms. The molecule has 4 rings (SSSR count). The Morgan fingerprint density at radius 3 is 2.73 bits per heavy atom. The summed E-state index contributed by atoms with van der Waals surface area (Å²) in [5.74, 6) is 0. The fourth-order valence-corrected chi connectivity index (χ4v) is 6.13. The molecule has 8 heteroatoms. The lowest BCUT2D eigenvalue weighted by Crippen LogP contribution is -2.34. The van der Waals surface area contributed by atoms with Crippen LogP contribution >= 0.6 is 22.7 Å². The second kappa shape index (κ2) is 6.44. The van der Waals surface area contributed by atoms with Crippen molar-refractivity contribution in [1.82, 2.24) is 9.97 Å². The fraction of sp³-hybridized carbons (Fsp3) is 0.333. The second-order valence-corrected chi connectivity index (χ2v) is 10.5. The Bertz CT molecular complexity index is 1070. The molecule has 3 heterocycles. The van der Waals surface area contributed by atoms with Gasteiger partial charge >= 0.3 is 0 Å². The number of benzene rings is 1. The minimum atomic E-state index is -3.26. The third kappa shape index (κ3) is 3.28. The molecule has 1 aliphatic heterocycles. The van der Waals surface area contributed by atoms with Crippen molar-refractivity contribution in [3.63, 3.8) is 0 Å². The zero-order valence-electron chi connectivity index (χ0n) is 14.8. The largest absolute Gasteiger partial charge is 0.267 e. The van der Waals surface area contributed by atoms with Gasteiger partial charge < -0.3 is 0 Å². The van der Waals surface area contributed by atoms with E-state index in [1.165, 1.54) is 10.6 Å². The molecule has 0 fully saturated rings. The Hall–Kier alpha value is -1.77. The molecule has 1 aliphatic rings. The van der Waals surface area contributed by atoms with Crippen LogP contribution in [0.15, 0.2) is 29.0 Å². The standard InChI is InChI=1S/C18H19N3O2S3/c1-11-6-14-7-13(4-5-17(14)21(11)26(3,22)23)16-10-25-18(20-16)8-15-9-24-12(2)19-15/h4-5,7,9-11H,6,8H2,1-3H3. The van der Waals surface area contributed by atoms with Crippen LogP contribution in [0.1, 0.15) is 28.2 Å². The zero-order valence-corrected chi connectivity index (χ0v) is 17.2. The van der Waals surface area contributed by atoms with E-state index in [9.17, 15) is 8.42 Å². The van der Waals surface area contributed by atoms with Gasteiger partial charge in [0, 0.05) is 28.8 Å². The van der Waals surface area contributed by atoms with Crippen LogP contribution in [0.2, 0.25) is 0 Å². The van der Waals surface area contributed by atoms with Crippen molar-refractivity contribution in [2.45, 2.75) is 32.7 Å². The number of aryl methyl sites for hydroxylation is 1. The predicted octanol–water partition coefficient (Wildman–Crippen LogP) is 3.88. The molecule has 0 spiro atoms. The molecule has 0 N–H and O–H groups in total. The Morgan fingerprint density at radius 2 is 2.04 bits per heavy atom. The van der Waals surface area contributed by atoms with Gasteiger partial charge in [0.2, 0.25) is 10.0 Å². The number of rotatable bonds is 4. The highest BCUT2D eigenvalue weighted by molar-refractivity contribution is 7.92. The lowest BCUT2D eigenvalue weighted by molar-refractivity contribution is 0.590. The Morgan fingerprint density at radius 1 is 1.23 bits per heavy atom. The molecule has 5 nitrogen and oxygen atoms in total. The summed E-state index contributed by atoms with van der Waals surface area (Å²) in [5.41, 5.74) is 4.87. The van der Waals surface area contributed by atoms with Gasteiger partial charge in [-0.05, 0) is 38.0 Å². The van der Waals surface area contributed by atoms with E-state index >= 15 is 0 Å². The molecule has 0 saturated carbocycles. The molecule has 3 aromatic rings. The van der Waals surface area contributed by atoms with Crippen molar-refractivity contribution in [1.29, 1.82) is 0 Å². The molecule has 1 unspecified atom stereocenters. The van der Waals surface area contributed by atoms with Gasteiger partial charge in [0.1, 0.15) is 0 Å². The lowest BCUT2D eigenvalue weighted by atomic mass is 10.1. The molecule has 26 heavy (non-hydrogen) atoms. The van der Waals surface area contributed by atoms with E-state index in [1.54, 1.807) is 22.7 Å². The minimum absolute atomic E-state index is 0.0471. The van der Waals surface area contributed by atoms with Crippen molar-refractivity contribution >= 4 is 38.4 Å². The molecular formula is C18H19N3O2S3. The normalized spacial score (nSPS) is 16.9. The first-order valence-electron chi connectivity index (χ1n) is 8.29. The van der Waals surface area contributed by atoms with Gasteiger partial charge in [-0.3, -0.25) is 4.31 Å². The van der Waals surface area contributed by atoms with Gasteiger partial charge in [-0.2, -0.15) is 0 Å². The maximum absolute atomic E-state index is 12.1. The minimum Gasteiger partial charge on any atom is -0.267 e. The highest BCUT2D eigenvalue weighted by Gasteiger charge is 2.32. The summed E-state index contributed by atoms with van der Waals surface area (Å²) < 4.78 is 25.6. The topological polar surface area (TPSA) is 63.2 Å². The average Bonchev–Trinajstić information content (AvgIpc) is 3.24. The Kier molecular flexibility index (Phi) is 4.37. The predicted molar refractivity (Wildman–Crippen MR) is 108 cm³/mol. The highest BCUT2D eigenvalue weighted by atomic mass is 32.2. The van der Waals surface area contributed by atoms with Crippen LogP contribution in [-0.2, 0) is 22.9 Å². The molecule has 0 saturated heterocycles. The number of hydrogen-bond donors (Lipinski definition) is 0. The fourth-order valence-electron chi connectivity index (χ4n) is 3.44. The zero-order chi connectivity index (χ0) is 18.5. The van der Waals surface area contributed by atoms with E-state index in [0.29, 0.717) is 0 Å². The Labute approximate surface area is 161 Å². The van der Waals surface area contributed by atoms with Crippen molar-refractivity contribution in [3.8, 4) is 11.3 Å². The molecule has 0 amide bonds. The number of anilines is 1. The second-order valence-electron chi connectivity index (χ2n) is 6.62. The number of hydrogen-bond acceptors (Lipinski definition) is 6. The Balaban J connectivity index is 1.61. The summed E-state index contributed by atoms with van der Waals surface area (Å²) in [6, 6.07) is 5.89. The van der Waals surface area contributed by atoms with Crippen LogP contribution in [0.4, 0.5) is 5.69 Å². The van der Waals surface area contributed by atoms with Crippen LogP contribution in [0.5, 0.6) is 0 Å². The third-order valence-electron chi connectivity index (χ3n) is 4.44. The number of fused-ring (bicyclic) bond motifs is 1. The van der Waals surface area contributed by atoms with E-state index < -0.39 is 10.0 Å². The first kappa shape index (κ1) is 17.6. The summed E-state index contributed by atoms with van der Waals surface area (Å²) >= 11 is 3.29. The summed E-state index contributed by atoms with van der Waals surface area (Å²) in [6.45, 7) is 3.95. The summed E-state index contributed by atoms with van der Waals surface area (Å²) in [4.78, 5) is 9.25. The lowest BCUT2D eigenvalue weighted by Gasteiger charge is -2.21. The van der Waals surface area contributed by atoms with Crippen LogP contribution in [0.25, 0.3) is 11.3 Å². The van der Waals surface area contributed by atoms with Gasteiger partial charge in [0.15, 0.2) is 0 Å². The van der Waals surface area contributed by atoms with Gasteiger partial charge in [-0.25, -0.2) is 18.4 Å². The van der Waals surface area contributed by atoms with Crippen molar-refractivity contribution in [3.05, 3.63) is 50.2 Å². The van der Waals surface area contributed by atoms with Crippen LogP contribution in [-0.4, -0.2) is 30.7 Å². The number of nitrogens with zero attached hydrogens (tertiary/aromatic N) is 3. The van der Waals surface area contributed by atoms with E-state index in [2.05, 4.69) is 21.8 Å². The van der Waals surface area contributed by atoms with Crippen molar-refractivity contribution < 1.29 is 8.42 Å². The van der Waals surface area contributed by atoms with E-state index in [1.807, 2.05) is 26.0 Å². The quantitative estimate of drug-likeness (QED) is 0.661. The van der Waals surface area contributed by atoms with Crippen molar-refractivity contribution in [2.75, 3.05) is 10.6 Å². The van der Waals surface area contributed by atoms with Gasteiger partial charge in [-0.15, -0.1) is 22.7 Å². The summed E-state index contributed by atoms with van der Waals surface area (Å²) in [6.07, 6.45) is 2.74. The van der Waals surface area contributed by atoms with E-state index in [-0.39, 0.29) is 6.04 Å². The van der Waals surface area contributed by atoms with E-state index in [0.717, 1.165) is 51.1 Å². The number of aromatic nitrogens is 2. The average molecular weight is 406 g/mol. The first-order chi connectivity index (χ1) is 12.3. The molecule has 136 valence electrons. The van der Waals surface area contributed by atoms with Gasteiger partial charge in [0.05, 0.1) is 33.3 Å². The number of thiazole rings is 2. The van der Waals surface area contributed by atoms with Crippen LogP contribution < -0.4 is 4.31 Å². The molecule has 1 atom stereocenters. The molecule has 1 aromatic carbocycles. The smallest absolute Gasteiger partial charge is 0.232 e. The van der Waals surface area contributed by atoms with E-state index in [4.69, 9.17) is 4.98 Å². The van der Waals surface area contributed by atoms with Gasteiger partial charge in [-0.1, -0.05) is 6.07 Å². The number of sulfonamides is 1. The maximum atomic E-state index is 12.1. The monoisotopic (exact) mass is 405 g/mol. The van der Waals surface area contributed by atoms with Crippen LogP contribution in [0.3, 0.4) is 0 Å². The maximum Gasteiger partial charge on any atom is 0.232 e. The highest BCUT2D eigenvalue weighted by Crippen LogP contribution is 2.37. The first-order valence-corrected chi connectivity index (χ1v) is 11.9.